The third-order valence-corrected chi connectivity index (χ3v) is 5.11. The Morgan fingerprint density at radius 2 is 2.29 bits per heavy atom. The summed E-state index contributed by atoms with van der Waals surface area (Å²) in [7, 11) is 2.12. The Labute approximate surface area is 126 Å². The van der Waals surface area contributed by atoms with Crippen molar-refractivity contribution in [2.75, 3.05) is 39.9 Å². The predicted molar refractivity (Wildman–Crippen MR) is 79.7 cm³/mol. The molecule has 0 radical (unpaired) electrons. The molecule has 7 heteroatoms. The second-order valence-electron chi connectivity index (χ2n) is 5.93. The van der Waals surface area contributed by atoms with Gasteiger partial charge in [-0.05, 0) is 7.05 Å². The highest BCUT2D eigenvalue weighted by Crippen LogP contribution is 2.20. The second-order valence-corrected chi connectivity index (χ2v) is 6.80. The van der Waals surface area contributed by atoms with Gasteiger partial charge in [-0.25, -0.2) is 4.98 Å². The minimum absolute atomic E-state index is 0.0399. The Morgan fingerprint density at radius 1 is 1.38 bits per heavy atom. The summed E-state index contributed by atoms with van der Waals surface area (Å²) >= 11 is 1.55. The van der Waals surface area contributed by atoms with Gasteiger partial charge in [0, 0.05) is 43.3 Å². The first-order valence-corrected chi connectivity index (χ1v) is 8.08. The van der Waals surface area contributed by atoms with Crippen LogP contribution in [0.1, 0.15) is 10.5 Å². The van der Waals surface area contributed by atoms with Crippen molar-refractivity contribution in [1.29, 1.82) is 0 Å². The van der Waals surface area contributed by atoms with Gasteiger partial charge in [0.1, 0.15) is 5.69 Å². The number of amides is 1. The summed E-state index contributed by atoms with van der Waals surface area (Å²) in [6.45, 7) is 3.91. The number of rotatable bonds is 1. The molecule has 0 saturated carbocycles. The summed E-state index contributed by atoms with van der Waals surface area (Å²) in [5.41, 5.74) is 0.547. The van der Waals surface area contributed by atoms with E-state index < -0.39 is 0 Å². The lowest BCUT2D eigenvalue weighted by Crippen LogP contribution is -2.44. The van der Waals surface area contributed by atoms with Crippen LogP contribution in [0.3, 0.4) is 0 Å². The first-order chi connectivity index (χ1) is 10.2. The van der Waals surface area contributed by atoms with Crippen molar-refractivity contribution in [3.8, 4) is 0 Å². The van der Waals surface area contributed by atoms with Gasteiger partial charge in [-0.1, -0.05) is 0 Å². The monoisotopic (exact) mass is 306 g/mol. The average molecular weight is 306 g/mol. The van der Waals surface area contributed by atoms with Crippen molar-refractivity contribution < 1.29 is 9.53 Å². The van der Waals surface area contributed by atoms with Gasteiger partial charge < -0.3 is 9.64 Å². The molecule has 2 aromatic heterocycles. The lowest BCUT2D eigenvalue weighted by atomic mass is 10.1. The van der Waals surface area contributed by atoms with Gasteiger partial charge in [-0.2, -0.15) is 0 Å². The molecule has 1 amide bonds. The van der Waals surface area contributed by atoms with Gasteiger partial charge in [-0.3, -0.25) is 14.1 Å². The Kier molecular flexibility index (Phi) is 3.20. The number of aromatic nitrogens is 2. The van der Waals surface area contributed by atoms with E-state index in [4.69, 9.17) is 4.74 Å². The molecule has 0 unspecified atom stereocenters. The molecule has 2 saturated heterocycles. The predicted octanol–water partition coefficient (Wildman–Crippen LogP) is 0.798. The quantitative estimate of drug-likeness (QED) is 0.782. The van der Waals surface area contributed by atoms with Crippen molar-refractivity contribution in [3.05, 3.63) is 23.5 Å². The number of carbonyl (C=O) groups excluding carboxylic acids is 1. The molecule has 2 aliphatic heterocycles. The van der Waals surface area contributed by atoms with Crippen molar-refractivity contribution in [3.63, 3.8) is 0 Å². The molecule has 4 rings (SSSR count). The maximum Gasteiger partial charge on any atom is 0.274 e. The van der Waals surface area contributed by atoms with Crippen LogP contribution in [0, 0.1) is 5.92 Å². The number of thiazole rings is 1. The molecular formula is C14H18N4O2S. The summed E-state index contributed by atoms with van der Waals surface area (Å²) in [4.78, 5) is 22.3. The molecule has 21 heavy (non-hydrogen) atoms. The highest BCUT2D eigenvalue weighted by atomic mass is 32.1. The zero-order valence-electron chi connectivity index (χ0n) is 11.9. The summed E-state index contributed by atoms with van der Waals surface area (Å²) in [6, 6.07) is 0.283. The number of fused-ring (bicyclic) bond motifs is 4. The Hall–Kier alpha value is -1.44. The molecule has 112 valence electrons. The molecule has 0 spiro atoms. The molecule has 0 aliphatic carbocycles. The van der Waals surface area contributed by atoms with E-state index in [0.717, 1.165) is 31.2 Å². The lowest BCUT2D eigenvalue weighted by molar-refractivity contribution is 0.0430. The van der Waals surface area contributed by atoms with Crippen LogP contribution in [-0.4, -0.2) is 71.0 Å². The van der Waals surface area contributed by atoms with Crippen molar-refractivity contribution in [1.82, 2.24) is 19.2 Å². The fourth-order valence-corrected chi connectivity index (χ4v) is 3.91. The Balaban J connectivity index is 1.60. The maximum atomic E-state index is 12.8. The number of nitrogens with zero attached hydrogens (tertiary/aromatic N) is 4. The van der Waals surface area contributed by atoms with E-state index in [1.54, 1.807) is 11.3 Å². The van der Waals surface area contributed by atoms with Crippen LogP contribution in [0.4, 0.5) is 0 Å². The molecule has 2 atom stereocenters. The SMILES string of the molecule is CN1C[C@H]2COC[C@@H]1CN(C(=O)c1cn3ccsc3n1)C2. The first-order valence-electron chi connectivity index (χ1n) is 7.20. The molecule has 6 nitrogen and oxygen atoms in total. The fourth-order valence-electron chi connectivity index (χ4n) is 3.21. The van der Waals surface area contributed by atoms with E-state index in [9.17, 15) is 4.79 Å². The molecule has 2 aromatic rings. The minimum atomic E-state index is 0.0399. The Morgan fingerprint density at radius 3 is 3.14 bits per heavy atom. The van der Waals surface area contributed by atoms with Crippen molar-refractivity contribution in [2.45, 2.75) is 6.04 Å². The van der Waals surface area contributed by atoms with E-state index in [-0.39, 0.29) is 11.9 Å². The van der Waals surface area contributed by atoms with Gasteiger partial charge in [0.2, 0.25) is 0 Å². The van der Waals surface area contributed by atoms with Gasteiger partial charge in [-0.15, -0.1) is 11.3 Å². The van der Waals surface area contributed by atoms with Crippen molar-refractivity contribution >= 4 is 22.2 Å². The topological polar surface area (TPSA) is 50.1 Å². The third kappa shape index (κ3) is 2.35. The van der Waals surface area contributed by atoms with Crippen LogP contribution in [-0.2, 0) is 4.74 Å². The zero-order chi connectivity index (χ0) is 14.4. The number of hydrogen-bond donors (Lipinski definition) is 0. The number of ether oxygens (including phenoxy) is 1. The van der Waals surface area contributed by atoms with Crippen LogP contribution in [0.2, 0.25) is 0 Å². The van der Waals surface area contributed by atoms with Gasteiger partial charge in [0.05, 0.1) is 19.3 Å². The molecule has 0 aromatic carbocycles. The van der Waals surface area contributed by atoms with Crippen LogP contribution in [0.15, 0.2) is 17.8 Å². The summed E-state index contributed by atoms with van der Waals surface area (Å²) in [5.74, 6) is 0.424. The summed E-state index contributed by atoms with van der Waals surface area (Å²) < 4.78 is 7.61. The molecule has 2 bridgehead atoms. The minimum Gasteiger partial charge on any atom is -0.379 e. The van der Waals surface area contributed by atoms with Gasteiger partial charge in [0.25, 0.3) is 5.91 Å². The summed E-state index contributed by atoms with van der Waals surface area (Å²) in [6.07, 6.45) is 3.76. The van der Waals surface area contributed by atoms with E-state index >= 15 is 0 Å². The first kappa shape index (κ1) is 13.2. The lowest BCUT2D eigenvalue weighted by Gasteiger charge is -2.29. The number of hydrogen-bond acceptors (Lipinski definition) is 5. The van der Waals surface area contributed by atoms with Crippen LogP contribution in [0.25, 0.3) is 4.96 Å². The smallest absolute Gasteiger partial charge is 0.274 e. The van der Waals surface area contributed by atoms with Crippen LogP contribution >= 0.6 is 11.3 Å². The molecule has 2 fully saturated rings. The Bertz CT molecular complexity index is 638. The van der Waals surface area contributed by atoms with E-state index in [2.05, 4.69) is 16.9 Å². The van der Waals surface area contributed by atoms with Gasteiger partial charge in [0.15, 0.2) is 4.96 Å². The van der Waals surface area contributed by atoms with Gasteiger partial charge >= 0.3 is 0 Å². The average Bonchev–Trinajstić information content (AvgIpc) is 2.93. The van der Waals surface area contributed by atoms with Crippen LogP contribution in [0.5, 0.6) is 0 Å². The normalized spacial score (nSPS) is 27.0. The molecule has 4 heterocycles. The van der Waals surface area contributed by atoms with E-state index in [1.165, 1.54) is 0 Å². The summed E-state index contributed by atoms with van der Waals surface area (Å²) in [5, 5.41) is 1.97. The fraction of sp³-hybridized carbons (Fsp3) is 0.571. The second kappa shape index (κ2) is 5.08. The van der Waals surface area contributed by atoms with E-state index in [1.807, 2.05) is 27.1 Å². The molecule has 0 N–H and O–H groups in total. The number of imidazole rings is 1. The number of likely N-dealkylation sites (N-methyl/N-ethyl adjacent to an activating group) is 1. The van der Waals surface area contributed by atoms with E-state index in [0.29, 0.717) is 18.2 Å². The maximum absolute atomic E-state index is 12.8. The molecular weight excluding hydrogens is 288 g/mol. The standard InChI is InChI=1S/C14H18N4O2S/c1-16-4-10-5-18(6-11(16)9-20-8-10)13(19)12-7-17-2-3-21-14(17)15-12/h2-3,7,10-11H,4-6,8-9H2,1H3/t10-,11+/m1/s1. The van der Waals surface area contributed by atoms with Crippen LogP contribution < -0.4 is 0 Å². The largest absolute Gasteiger partial charge is 0.379 e. The molecule has 2 aliphatic rings. The number of carbonyl (C=O) groups is 1. The zero-order valence-corrected chi connectivity index (χ0v) is 12.8. The third-order valence-electron chi connectivity index (χ3n) is 4.34. The van der Waals surface area contributed by atoms with Crippen molar-refractivity contribution in [2.24, 2.45) is 5.92 Å². The highest BCUT2D eigenvalue weighted by molar-refractivity contribution is 7.15. The highest BCUT2D eigenvalue weighted by Gasteiger charge is 2.34.